The van der Waals surface area contributed by atoms with Gasteiger partial charge >= 0.3 is 0 Å². The molecule has 1 saturated carbocycles. The van der Waals surface area contributed by atoms with Crippen LogP contribution in [-0.2, 0) is 6.42 Å². The molecule has 1 aromatic rings. The van der Waals surface area contributed by atoms with Gasteiger partial charge in [0.25, 0.3) is 0 Å². The van der Waals surface area contributed by atoms with E-state index in [-0.39, 0.29) is 5.41 Å². The number of nitriles is 1. The summed E-state index contributed by atoms with van der Waals surface area (Å²) >= 11 is 7.49. The van der Waals surface area contributed by atoms with Gasteiger partial charge in [-0.15, -0.1) is 11.3 Å². The summed E-state index contributed by atoms with van der Waals surface area (Å²) in [7, 11) is 0. The van der Waals surface area contributed by atoms with E-state index in [2.05, 4.69) is 17.5 Å². The summed E-state index contributed by atoms with van der Waals surface area (Å²) in [6.07, 6.45) is 4.32. The molecule has 4 heteroatoms. The van der Waals surface area contributed by atoms with Crippen molar-refractivity contribution in [2.75, 3.05) is 13.1 Å². The molecule has 0 amide bonds. The van der Waals surface area contributed by atoms with Gasteiger partial charge in [0.05, 0.1) is 15.8 Å². The molecule has 0 atom stereocenters. The average molecular weight is 255 g/mol. The third kappa shape index (κ3) is 2.76. The van der Waals surface area contributed by atoms with Crippen molar-refractivity contribution < 1.29 is 0 Å². The number of hydrogen-bond acceptors (Lipinski definition) is 3. The first-order chi connectivity index (χ1) is 7.74. The highest BCUT2D eigenvalue weighted by Gasteiger charge is 2.36. The zero-order valence-electron chi connectivity index (χ0n) is 9.13. The fourth-order valence-electron chi connectivity index (χ4n) is 1.96. The second-order valence-electron chi connectivity index (χ2n) is 4.38. The minimum Gasteiger partial charge on any atom is -0.315 e. The van der Waals surface area contributed by atoms with E-state index in [1.165, 1.54) is 11.3 Å². The molecule has 16 heavy (non-hydrogen) atoms. The van der Waals surface area contributed by atoms with E-state index in [1.807, 2.05) is 6.07 Å². The topological polar surface area (TPSA) is 35.8 Å². The van der Waals surface area contributed by atoms with Gasteiger partial charge in [-0.05, 0) is 31.4 Å². The zero-order chi connectivity index (χ0) is 11.4. The van der Waals surface area contributed by atoms with Crippen LogP contribution in [0.2, 0.25) is 4.34 Å². The predicted octanol–water partition coefficient (Wildman–Crippen LogP) is 3.23. The van der Waals surface area contributed by atoms with Crippen molar-refractivity contribution in [3.63, 3.8) is 0 Å². The second-order valence-corrected chi connectivity index (χ2v) is 6.18. The second kappa shape index (κ2) is 5.18. The molecular formula is C12H15ClN2S. The van der Waals surface area contributed by atoms with Crippen LogP contribution in [0.1, 0.15) is 24.1 Å². The van der Waals surface area contributed by atoms with Crippen molar-refractivity contribution in [1.29, 1.82) is 5.26 Å². The van der Waals surface area contributed by atoms with E-state index in [1.54, 1.807) is 11.3 Å². The monoisotopic (exact) mass is 254 g/mol. The SMILES string of the molecule is N#CC1(CNCCc2ccc(Cl)s2)CCC1. The summed E-state index contributed by atoms with van der Waals surface area (Å²) in [6, 6.07) is 6.44. The van der Waals surface area contributed by atoms with Crippen molar-refractivity contribution in [1.82, 2.24) is 5.32 Å². The first kappa shape index (κ1) is 11.9. The van der Waals surface area contributed by atoms with Crippen LogP contribution in [0.15, 0.2) is 12.1 Å². The van der Waals surface area contributed by atoms with Crippen LogP contribution >= 0.6 is 22.9 Å². The Kier molecular flexibility index (Phi) is 3.86. The van der Waals surface area contributed by atoms with E-state index in [0.717, 1.165) is 36.7 Å². The highest BCUT2D eigenvalue weighted by molar-refractivity contribution is 7.16. The third-order valence-electron chi connectivity index (χ3n) is 3.19. The van der Waals surface area contributed by atoms with Gasteiger partial charge in [0.15, 0.2) is 0 Å². The summed E-state index contributed by atoms with van der Waals surface area (Å²) in [5.74, 6) is 0. The van der Waals surface area contributed by atoms with E-state index in [4.69, 9.17) is 16.9 Å². The quantitative estimate of drug-likeness (QED) is 0.819. The molecule has 1 N–H and O–H groups in total. The molecule has 1 heterocycles. The van der Waals surface area contributed by atoms with E-state index in [9.17, 15) is 0 Å². The number of nitrogens with one attached hydrogen (secondary N) is 1. The lowest BCUT2D eigenvalue weighted by Gasteiger charge is -2.35. The molecule has 0 radical (unpaired) electrons. The molecule has 2 nitrogen and oxygen atoms in total. The van der Waals surface area contributed by atoms with Crippen LogP contribution in [0.25, 0.3) is 0 Å². The number of hydrogen-bond donors (Lipinski definition) is 1. The fraction of sp³-hybridized carbons (Fsp3) is 0.583. The van der Waals surface area contributed by atoms with Crippen LogP contribution in [0.5, 0.6) is 0 Å². The van der Waals surface area contributed by atoms with Crippen LogP contribution in [0.4, 0.5) is 0 Å². The summed E-state index contributed by atoms with van der Waals surface area (Å²) in [4.78, 5) is 1.30. The largest absolute Gasteiger partial charge is 0.315 e. The highest BCUT2D eigenvalue weighted by atomic mass is 35.5. The standard InChI is InChI=1S/C12H15ClN2S/c13-11-3-2-10(16-11)4-7-15-9-12(8-14)5-1-6-12/h2-3,15H,1,4-7,9H2. The zero-order valence-corrected chi connectivity index (χ0v) is 10.7. The molecule has 1 aromatic heterocycles. The first-order valence-electron chi connectivity index (χ1n) is 5.60. The third-order valence-corrected chi connectivity index (χ3v) is 4.48. The Bertz CT molecular complexity index is 390. The lowest BCUT2D eigenvalue weighted by atomic mass is 9.70. The van der Waals surface area contributed by atoms with Gasteiger partial charge in [-0.1, -0.05) is 18.0 Å². The van der Waals surface area contributed by atoms with Crippen LogP contribution in [0.3, 0.4) is 0 Å². The summed E-state index contributed by atoms with van der Waals surface area (Å²) in [5, 5.41) is 12.4. The molecular weight excluding hydrogens is 240 g/mol. The Morgan fingerprint density at radius 1 is 1.50 bits per heavy atom. The molecule has 2 rings (SSSR count). The van der Waals surface area contributed by atoms with E-state index in [0.29, 0.717) is 0 Å². The average Bonchev–Trinajstić information content (AvgIpc) is 2.62. The maximum Gasteiger partial charge on any atom is 0.0931 e. The smallest absolute Gasteiger partial charge is 0.0931 e. The van der Waals surface area contributed by atoms with Gasteiger partial charge in [0.1, 0.15) is 0 Å². The minimum atomic E-state index is -0.0624. The van der Waals surface area contributed by atoms with Gasteiger partial charge in [0.2, 0.25) is 0 Å². The van der Waals surface area contributed by atoms with Gasteiger partial charge in [-0.2, -0.15) is 5.26 Å². The van der Waals surface area contributed by atoms with E-state index >= 15 is 0 Å². The summed E-state index contributed by atoms with van der Waals surface area (Å²) < 4.78 is 0.850. The molecule has 0 saturated heterocycles. The van der Waals surface area contributed by atoms with E-state index < -0.39 is 0 Å². The lowest BCUT2D eigenvalue weighted by Crippen LogP contribution is -2.39. The van der Waals surface area contributed by atoms with Crippen molar-refractivity contribution in [2.45, 2.75) is 25.7 Å². The Morgan fingerprint density at radius 2 is 2.31 bits per heavy atom. The maximum absolute atomic E-state index is 9.05. The van der Waals surface area contributed by atoms with Gasteiger partial charge in [-0.25, -0.2) is 0 Å². The highest BCUT2D eigenvalue weighted by Crippen LogP contribution is 2.39. The fourth-order valence-corrected chi connectivity index (χ4v) is 3.04. The molecule has 1 aliphatic carbocycles. The van der Waals surface area contributed by atoms with Crippen molar-refractivity contribution >= 4 is 22.9 Å². The maximum atomic E-state index is 9.05. The Hall–Kier alpha value is -0.560. The molecule has 0 spiro atoms. The lowest BCUT2D eigenvalue weighted by molar-refractivity contribution is 0.208. The number of rotatable bonds is 5. The Balaban J connectivity index is 1.67. The molecule has 0 aromatic carbocycles. The molecule has 0 bridgehead atoms. The van der Waals surface area contributed by atoms with Crippen LogP contribution in [-0.4, -0.2) is 13.1 Å². The molecule has 86 valence electrons. The molecule has 0 aliphatic heterocycles. The normalized spacial score (nSPS) is 17.8. The summed E-state index contributed by atoms with van der Waals surface area (Å²) in [5.41, 5.74) is -0.0624. The van der Waals surface area contributed by atoms with Crippen LogP contribution < -0.4 is 5.32 Å². The van der Waals surface area contributed by atoms with Crippen molar-refractivity contribution in [3.8, 4) is 6.07 Å². The summed E-state index contributed by atoms with van der Waals surface area (Å²) in [6.45, 7) is 1.77. The Morgan fingerprint density at radius 3 is 2.81 bits per heavy atom. The minimum absolute atomic E-state index is 0.0624. The first-order valence-corrected chi connectivity index (χ1v) is 6.80. The van der Waals surface area contributed by atoms with Gasteiger partial charge < -0.3 is 5.32 Å². The predicted molar refractivity (Wildman–Crippen MR) is 67.8 cm³/mol. The van der Waals surface area contributed by atoms with Gasteiger partial charge in [-0.3, -0.25) is 0 Å². The molecule has 1 aliphatic rings. The Labute approximate surface area is 105 Å². The number of nitrogens with zero attached hydrogens (tertiary/aromatic N) is 1. The molecule has 1 fully saturated rings. The van der Waals surface area contributed by atoms with Gasteiger partial charge in [0, 0.05) is 18.0 Å². The molecule has 0 unspecified atom stereocenters. The number of thiophene rings is 1. The number of halogens is 1. The van der Waals surface area contributed by atoms with Crippen LogP contribution in [0, 0.1) is 16.7 Å². The van der Waals surface area contributed by atoms with Crippen molar-refractivity contribution in [2.24, 2.45) is 5.41 Å². The van der Waals surface area contributed by atoms with Crippen molar-refractivity contribution in [3.05, 3.63) is 21.3 Å².